The highest BCUT2D eigenvalue weighted by Crippen LogP contribution is 2.10. The van der Waals surface area contributed by atoms with E-state index in [2.05, 4.69) is 10.4 Å². The summed E-state index contributed by atoms with van der Waals surface area (Å²) in [6, 6.07) is -0.811. The van der Waals surface area contributed by atoms with Crippen LogP contribution in [0.4, 0.5) is 4.79 Å². The number of primary amides is 1. The van der Waals surface area contributed by atoms with Gasteiger partial charge in [0, 0.05) is 0 Å². The van der Waals surface area contributed by atoms with Crippen molar-refractivity contribution in [3.05, 3.63) is 16.1 Å². The summed E-state index contributed by atoms with van der Waals surface area (Å²) in [4.78, 5) is 25.7. The van der Waals surface area contributed by atoms with Gasteiger partial charge in [-0.1, -0.05) is 0 Å². The van der Waals surface area contributed by atoms with Gasteiger partial charge >= 0.3 is 6.03 Å². The topological polar surface area (TPSA) is 97.1 Å². The summed E-state index contributed by atoms with van der Waals surface area (Å²) in [5, 5.41) is 0.782. The average molecular weight is 200 g/mol. The third-order valence-electron chi connectivity index (χ3n) is 1.14. The van der Waals surface area contributed by atoms with Crippen LogP contribution in [0, 0.1) is 6.92 Å². The van der Waals surface area contributed by atoms with E-state index in [9.17, 15) is 9.59 Å². The highest BCUT2D eigenvalue weighted by Gasteiger charge is 2.08. The minimum atomic E-state index is -0.811. The van der Waals surface area contributed by atoms with E-state index in [4.69, 9.17) is 5.73 Å². The van der Waals surface area contributed by atoms with E-state index in [0.717, 1.165) is 5.01 Å². The maximum absolute atomic E-state index is 11.2. The largest absolute Gasteiger partial charge is 0.350 e. The minimum Gasteiger partial charge on any atom is -0.350 e. The molecule has 0 atom stereocenters. The number of rotatable bonds is 1. The van der Waals surface area contributed by atoms with E-state index in [1.54, 1.807) is 6.92 Å². The second-order valence-corrected chi connectivity index (χ2v) is 3.42. The maximum Gasteiger partial charge on any atom is 0.330 e. The van der Waals surface area contributed by atoms with Gasteiger partial charge < -0.3 is 5.73 Å². The third-order valence-corrected chi connectivity index (χ3v) is 2.06. The molecule has 0 saturated carbocycles. The Morgan fingerprint density at radius 1 is 1.54 bits per heavy atom. The third kappa shape index (κ3) is 2.71. The number of thiazole rings is 1. The molecule has 6 nitrogen and oxygen atoms in total. The van der Waals surface area contributed by atoms with E-state index < -0.39 is 11.9 Å². The smallest absolute Gasteiger partial charge is 0.330 e. The van der Waals surface area contributed by atoms with Crippen LogP contribution in [0.3, 0.4) is 0 Å². The fourth-order valence-electron chi connectivity index (χ4n) is 0.646. The van der Waals surface area contributed by atoms with Crippen molar-refractivity contribution in [3.63, 3.8) is 0 Å². The summed E-state index contributed by atoms with van der Waals surface area (Å²) >= 11 is 1.23. The molecule has 13 heavy (non-hydrogen) atoms. The molecule has 0 fully saturated rings. The second-order valence-electron chi connectivity index (χ2n) is 2.19. The predicted molar refractivity (Wildman–Crippen MR) is 47.0 cm³/mol. The highest BCUT2D eigenvalue weighted by atomic mass is 32.1. The molecular formula is C6H8N4O2S. The van der Waals surface area contributed by atoms with Crippen LogP contribution in [-0.2, 0) is 0 Å². The van der Waals surface area contributed by atoms with Crippen molar-refractivity contribution >= 4 is 23.3 Å². The number of hydrazine groups is 1. The van der Waals surface area contributed by atoms with Crippen LogP contribution in [0.25, 0.3) is 0 Å². The number of hydrogen-bond acceptors (Lipinski definition) is 4. The molecule has 1 aromatic rings. The van der Waals surface area contributed by atoms with Gasteiger partial charge in [-0.15, -0.1) is 11.3 Å². The average Bonchev–Trinajstić information content (AvgIpc) is 2.47. The molecule has 0 radical (unpaired) electrons. The van der Waals surface area contributed by atoms with Gasteiger partial charge in [-0.05, 0) is 6.92 Å². The normalized spacial score (nSPS) is 9.31. The van der Waals surface area contributed by atoms with Crippen LogP contribution < -0.4 is 16.6 Å². The van der Waals surface area contributed by atoms with Crippen LogP contribution in [0.5, 0.6) is 0 Å². The van der Waals surface area contributed by atoms with Gasteiger partial charge in [-0.3, -0.25) is 10.2 Å². The molecule has 1 heterocycles. The lowest BCUT2D eigenvalue weighted by Crippen LogP contribution is -2.44. The van der Waals surface area contributed by atoms with Gasteiger partial charge in [0.15, 0.2) is 0 Å². The Bertz CT molecular complexity index is 335. The van der Waals surface area contributed by atoms with E-state index in [-0.39, 0.29) is 0 Å². The SMILES string of the molecule is Cc1ncc(C(=O)NNC(N)=O)s1. The molecule has 4 N–H and O–H groups in total. The molecule has 0 spiro atoms. The molecule has 0 bridgehead atoms. The lowest BCUT2D eigenvalue weighted by molar-refractivity contribution is 0.0941. The van der Waals surface area contributed by atoms with Crippen LogP contribution in [-0.4, -0.2) is 16.9 Å². The molecule has 0 unspecified atom stereocenters. The molecular weight excluding hydrogens is 192 g/mol. The Morgan fingerprint density at radius 2 is 2.23 bits per heavy atom. The molecule has 1 aromatic heterocycles. The van der Waals surface area contributed by atoms with Crippen LogP contribution in [0.2, 0.25) is 0 Å². The molecule has 0 aliphatic heterocycles. The Morgan fingerprint density at radius 3 is 2.69 bits per heavy atom. The van der Waals surface area contributed by atoms with Crippen molar-refractivity contribution < 1.29 is 9.59 Å². The monoisotopic (exact) mass is 200 g/mol. The van der Waals surface area contributed by atoms with Gasteiger partial charge in [-0.2, -0.15) is 0 Å². The summed E-state index contributed by atoms with van der Waals surface area (Å²) in [7, 11) is 0. The number of nitrogens with one attached hydrogen (secondary N) is 2. The number of nitrogens with zero attached hydrogens (tertiary/aromatic N) is 1. The predicted octanol–water partition coefficient (Wildman–Crippen LogP) is -0.235. The van der Waals surface area contributed by atoms with Gasteiger partial charge in [0.2, 0.25) is 0 Å². The first kappa shape index (κ1) is 9.46. The number of urea groups is 1. The summed E-state index contributed by atoms with van der Waals surface area (Å²) in [5.41, 5.74) is 8.84. The first-order chi connectivity index (χ1) is 6.09. The van der Waals surface area contributed by atoms with Gasteiger partial charge in [0.05, 0.1) is 11.2 Å². The molecule has 0 aliphatic rings. The molecule has 7 heteroatoms. The zero-order chi connectivity index (χ0) is 9.84. The van der Waals surface area contributed by atoms with Crippen molar-refractivity contribution in [1.29, 1.82) is 0 Å². The highest BCUT2D eigenvalue weighted by molar-refractivity contribution is 7.13. The number of carbonyl (C=O) groups is 2. The fraction of sp³-hybridized carbons (Fsp3) is 0.167. The second kappa shape index (κ2) is 3.85. The Labute approximate surface area is 78.1 Å². The summed E-state index contributed by atoms with van der Waals surface area (Å²) in [6.07, 6.45) is 1.43. The van der Waals surface area contributed by atoms with Gasteiger partial charge in [-0.25, -0.2) is 15.2 Å². The summed E-state index contributed by atoms with van der Waals surface area (Å²) < 4.78 is 0. The van der Waals surface area contributed by atoms with E-state index in [1.165, 1.54) is 17.5 Å². The Balaban J connectivity index is 2.54. The van der Waals surface area contributed by atoms with Crippen LogP contribution >= 0.6 is 11.3 Å². The fourth-order valence-corrected chi connectivity index (χ4v) is 1.32. The number of aromatic nitrogens is 1. The first-order valence-corrected chi connectivity index (χ1v) is 4.19. The van der Waals surface area contributed by atoms with Crippen molar-refractivity contribution in [1.82, 2.24) is 15.8 Å². The van der Waals surface area contributed by atoms with Crippen molar-refractivity contribution in [3.8, 4) is 0 Å². The van der Waals surface area contributed by atoms with E-state index in [0.29, 0.717) is 4.88 Å². The van der Waals surface area contributed by atoms with E-state index >= 15 is 0 Å². The molecule has 0 saturated heterocycles. The van der Waals surface area contributed by atoms with E-state index in [1.807, 2.05) is 5.43 Å². The van der Waals surface area contributed by atoms with Gasteiger partial charge in [0.1, 0.15) is 4.88 Å². The molecule has 3 amide bonds. The Kier molecular flexibility index (Phi) is 2.80. The van der Waals surface area contributed by atoms with Crippen molar-refractivity contribution in [2.24, 2.45) is 5.73 Å². The number of aryl methyl sites for hydroxylation is 1. The standard InChI is InChI=1S/C6H8N4O2S/c1-3-8-2-4(13-3)5(11)9-10-6(7)12/h2H,1H3,(H,9,11)(H3,7,10,12). The van der Waals surface area contributed by atoms with Crippen molar-refractivity contribution in [2.45, 2.75) is 6.92 Å². The number of nitrogens with two attached hydrogens (primary N) is 1. The minimum absolute atomic E-state index is 0.422. The lowest BCUT2D eigenvalue weighted by Gasteiger charge is -2.00. The number of amides is 3. The molecule has 0 aromatic carbocycles. The summed E-state index contributed by atoms with van der Waals surface area (Å²) in [5.74, 6) is -0.426. The van der Waals surface area contributed by atoms with Crippen LogP contribution in [0.1, 0.15) is 14.7 Å². The number of carbonyl (C=O) groups excluding carboxylic acids is 2. The number of hydrogen-bond donors (Lipinski definition) is 3. The van der Waals surface area contributed by atoms with Crippen molar-refractivity contribution in [2.75, 3.05) is 0 Å². The Hall–Kier alpha value is -1.63. The molecule has 0 aliphatic carbocycles. The quantitative estimate of drug-likeness (QED) is 0.546. The zero-order valence-electron chi connectivity index (χ0n) is 6.83. The lowest BCUT2D eigenvalue weighted by atomic mass is 10.5. The first-order valence-electron chi connectivity index (χ1n) is 3.38. The molecule has 1 rings (SSSR count). The maximum atomic E-state index is 11.2. The molecule has 70 valence electrons. The van der Waals surface area contributed by atoms with Crippen LogP contribution in [0.15, 0.2) is 6.20 Å². The zero-order valence-corrected chi connectivity index (χ0v) is 7.64. The summed E-state index contributed by atoms with van der Waals surface area (Å²) in [6.45, 7) is 1.78. The van der Waals surface area contributed by atoms with Gasteiger partial charge in [0.25, 0.3) is 5.91 Å².